The molecule has 0 radical (unpaired) electrons. The van der Waals surface area contributed by atoms with E-state index >= 15 is 0 Å². The Morgan fingerprint density at radius 3 is 1.17 bits per heavy atom. The third-order valence-corrected chi connectivity index (χ3v) is 5.53. The summed E-state index contributed by atoms with van der Waals surface area (Å²) in [6.07, 6.45) is 3.18. The molecule has 0 N–H and O–H groups in total. The van der Waals surface area contributed by atoms with Crippen LogP contribution < -0.4 is 0 Å². The second-order valence-electron chi connectivity index (χ2n) is 6.93. The molecule has 0 amide bonds. The van der Waals surface area contributed by atoms with Crippen molar-refractivity contribution in [1.29, 1.82) is 0 Å². The molecule has 0 aromatic heterocycles. The minimum Gasteiger partial charge on any atom is -0.217 e. The van der Waals surface area contributed by atoms with Crippen molar-refractivity contribution in [2.24, 2.45) is 0 Å². The molecule has 2 aromatic carbocycles. The fraction of sp³-hybridized carbons (Fsp3) is 0.400. The minimum absolute atomic E-state index is 0.344. The predicted octanol–water partition coefficient (Wildman–Crippen LogP) is 3.24. The van der Waals surface area contributed by atoms with Gasteiger partial charge in [-0.2, -0.15) is 0 Å². The van der Waals surface area contributed by atoms with Crippen LogP contribution in [-0.4, -0.2) is 46.2 Å². The highest BCUT2D eigenvalue weighted by atomic mass is 15.9. The van der Waals surface area contributed by atoms with Crippen LogP contribution in [0, 0.1) is 0 Å². The number of rotatable bonds is 2. The van der Waals surface area contributed by atoms with Crippen molar-refractivity contribution in [2.75, 3.05) is 26.2 Å². The first kappa shape index (κ1) is 14.6. The van der Waals surface area contributed by atoms with Crippen LogP contribution in [0.25, 0.3) is 0 Å². The van der Waals surface area contributed by atoms with Crippen molar-refractivity contribution in [3.8, 4) is 0 Å². The lowest BCUT2D eigenvalue weighted by atomic mass is 10.1. The molecular formula is C20H24N4. The van der Waals surface area contributed by atoms with E-state index in [0.29, 0.717) is 12.3 Å². The first-order valence-corrected chi connectivity index (χ1v) is 9.10. The third kappa shape index (κ3) is 2.22. The molecule has 3 aliphatic heterocycles. The van der Waals surface area contributed by atoms with Gasteiger partial charge in [-0.1, -0.05) is 60.7 Å². The maximum absolute atomic E-state index is 2.61. The predicted molar refractivity (Wildman–Crippen MR) is 94.4 cm³/mol. The first-order valence-electron chi connectivity index (χ1n) is 9.10. The van der Waals surface area contributed by atoms with E-state index in [9.17, 15) is 0 Å². The topological polar surface area (TPSA) is 13.0 Å². The SMILES string of the molecule is c1ccc(C2N3CCCN3C(c3ccccc3)N3CCCN23)cc1. The molecule has 0 saturated carbocycles. The van der Waals surface area contributed by atoms with Gasteiger partial charge < -0.3 is 0 Å². The van der Waals surface area contributed by atoms with Crippen LogP contribution in [0.2, 0.25) is 0 Å². The number of hydrogen-bond donors (Lipinski definition) is 0. The van der Waals surface area contributed by atoms with Crippen molar-refractivity contribution >= 4 is 0 Å². The highest BCUT2D eigenvalue weighted by Crippen LogP contribution is 2.45. The Bertz CT molecular complexity index is 608. The van der Waals surface area contributed by atoms with Gasteiger partial charge in [0.05, 0.1) is 0 Å². The second-order valence-corrected chi connectivity index (χ2v) is 6.93. The van der Waals surface area contributed by atoms with Crippen LogP contribution in [0.4, 0.5) is 0 Å². The zero-order chi connectivity index (χ0) is 15.9. The molecule has 5 rings (SSSR count). The summed E-state index contributed by atoms with van der Waals surface area (Å²) in [4.78, 5) is 0. The van der Waals surface area contributed by atoms with Crippen molar-refractivity contribution in [1.82, 2.24) is 20.0 Å². The number of fused-ring (bicyclic) bond motifs is 2. The monoisotopic (exact) mass is 320 g/mol. The molecule has 0 atom stereocenters. The van der Waals surface area contributed by atoms with Crippen LogP contribution in [0.1, 0.15) is 36.3 Å². The molecule has 0 spiro atoms. The number of hydrazine groups is 2. The Kier molecular flexibility index (Phi) is 3.64. The molecule has 24 heavy (non-hydrogen) atoms. The van der Waals surface area contributed by atoms with Gasteiger partial charge in [0.15, 0.2) is 0 Å². The highest BCUT2D eigenvalue weighted by molar-refractivity contribution is 5.23. The average Bonchev–Trinajstić information content (AvgIpc) is 3.30. The van der Waals surface area contributed by atoms with Gasteiger partial charge in [0.25, 0.3) is 0 Å². The van der Waals surface area contributed by atoms with E-state index in [1.54, 1.807) is 0 Å². The largest absolute Gasteiger partial charge is 0.217 e. The van der Waals surface area contributed by atoms with Crippen molar-refractivity contribution in [3.63, 3.8) is 0 Å². The highest BCUT2D eigenvalue weighted by Gasteiger charge is 2.49. The number of nitrogens with zero attached hydrogens (tertiary/aromatic N) is 4. The lowest BCUT2D eigenvalue weighted by molar-refractivity contribution is -0.271. The second kappa shape index (κ2) is 5.97. The zero-order valence-electron chi connectivity index (χ0n) is 14.0. The normalized spacial score (nSPS) is 28.8. The Balaban J connectivity index is 1.58. The van der Waals surface area contributed by atoms with Gasteiger partial charge in [-0.3, -0.25) is 0 Å². The Morgan fingerprint density at radius 2 is 0.833 bits per heavy atom. The van der Waals surface area contributed by atoms with Gasteiger partial charge in [0.1, 0.15) is 12.3 Å². The van der Waals surface area contributed by atoms with Gasteiger partial charge in [0.2, 0.25) is 0 Å². The van der Waals surface area contributed by atoms with E-state index in [1.807, 2.05) is 0 Å². The Hall–Kier alpha value is -1.72. The van der Waals surface area contributed by atoms with Crippen LogP contribution in [0.3, 0.4) is 0 Å². The molecule has 4 heteroatoms. The van der Waals surface area contributed by atoms with E-state index in [2.05, 4.69) is 80.7 Å². The molecule has 4 nitrogen and oxygen atoms in total. The van der Waals surface area contributed by atoms with Gasteiger partial charge in [0, 0.05) is 26.2 Å². The molecule has 0 bridgehead atoms. The summed E-state index contributed by atoms with van der Waals surface area (Å²) in [5, 5.41) is 10.4. The molecule has 3 saturated heterocycles. The molecule has 0 unspecified atom stereocenters. The van der Waals surface area contributed by atoms with E-state index in [0.717, 1.165) is 26.2 Å². The van der Waals surface area contributed by atoms with Crippen LogP contribution >= 0.6 is 0 Å². The fourth-order valence-electron chi connectivity index (χ4n) is 4.60. The summed E-state index contributed by atoms with van der Waals surface area (Å²) in [5.41, 5.74) is 2.81. The summed E-state index contributed by atoms with van der Waals surface area (Å²) in [7, 11) is 0. The molecule has 0 aliphatic carbocycles. The smallest absolute Gasteiger partial charge is 0.115 e. The molecule has 3 heterocycles. The summed E-state index contributed by atoms with van der Waals surface area (Å²) in [6.45, 7) is 4.58. The lowest BCUT2D eigenvalue weighted by Crippen LogP contribution is -2.61. The van der Waals surface area contributed by atoms with Gasteiger partial charge in [-0.25, -0.2) is 20.0 Å². The van der Waals surface area contributed by atoms with E-state index < -0.39 is 0 Å². The lowest BCUT2D eigenvalue weighted by Gasteiger charge is -2.54. The van der Waals surface area contributed by atoms with Gasteiger partial charge >= 0.3 is 0 Å². The Labute approximate surface area is 143 Å². The summed E-state index contributed by atoms with van der Waals surface area (Å²) in [5.74, 6) is 0. The first-order chi connectivity index (χ1) is 11.9. The van der Waals surface area contributed by atoms with Gasteiger partial charge in [-0.05, 0) is 24.0 Å². The summed E-state index contributed by atoms with van der Waals surface area (Å²) in [6, 6.07) is 22.0. The van der Waals surface area contributed by atoms with Crippen molar-refractivity contribution in [3.05, 3.63) is 71.8 Å². The van der Waals surface area contributed by atoms with E-state index in [4.69, 9.17) is 0 Å². The summed E-state index contributed by atoms with van der Waals surface area (Å²) < 4.78 is 0. The fourth-order valence-corrected chi connectivity index (χ4v) is 4.60. The van der Waals surface area contributed by atoms with Crippen LogP contribution in [-0.2, 0) is 0 Å². The molecule has 3 aliphatic rings. The standard InChI is InChI=1S/C20H24N4/c1-3-9-17(10-4-1)19-21-13-7-15-23(21)20(18-11-5-2-6-12-18)24-16-8-14-22(19)24/h1-6,9-12,19-20H,7-8,13-16H2. The molecule has 2 aromatic rings. The Morgan fingerprint density at radius 1 is 0.500 bits per heavy atom. The maximum atomic E-state index is 2.61. The maximum Gasteiger partial charge on any atom is 0.115 e. The van der Waals surface area contributed by atoms with Crippen LogP contribution in [0.5, 0.6) is 0 Å². The minimum atomic E-state index is 0.344. The summed E-state index contributed by atoms with van der Waals surface area (Å²) >= 11 is 0. The van der Waals surface area contributed by atoms with Gasteiger partial charge in [-0.15, -0.1) is 0 Å². The van der Waals surface area contributed by atoms with E-state index in [-0.39, 0.29) is 0 Å². The van der Waals surface area contributed by atoms with E-state index in [1.165, 1.54) is 24.0 Å². The number of hydrogen-bond acceptors (Lipinski definition) is 4. The third-order valence-electron chi connectivity index (χ3n) is 5.53. The average molecular weight is 320 g/mol. The molecule has 124 valence electrons. The van der Waals surface area contributed by atoms with Crippen molar-refractivity contribution < 1.29 is 0 Å². The molecular weight excluding hydrogens is 296 g/mol. The van der Waals surface area contributed by atoms with Crippen molar-refractivity contribution in [2.45, 2.75) is 25.2 Å². The zero-order valence-corrected chi connectivity index (χ0v) is 14.0. The quantitative estimate of drug-likeness (QED) is 0.842. The van der Waals surface area contributed by atoms with Crippen LogP contribution in [0.15, 0.2) is 60.7 Å². The molecule has 3 fully saturated rings. The number of benzene rings is 2.